The second-order valence-corrected chi connectivity index (χ2v) is 4.76. The Bertz CT molecular complexity index is 391. The van der Waals surface area contributed by atoms with E-state index < -0.39 is 0 Å². The van der Waals surface area contributed by atoms with Crippen molar-refractivity contribution in [2.75, 3.05) is 26.2 Å². The number of morpholine rings is 1. The van der Waals surface area contributed by atoms with E-state index in [-0.39, 0.29) is 6.10 Å². The maximum absolute atomic E-state index is 6.00. The molecule has 94 valence electrons. The molecular weight excluding hydrogens is 261 g/mol. The third-order valence-electron chi connectivity index (χ3n) is 2.93. The first-order valence-electron chi connectivity index (χ1n) is 5.65. The first-order chi connectivity index (χ1) is 8.11. The van der Waals surface area contributed by atoms with Gasteiger partial charge >= 0.3 is 0 Å². The van der Waals surface area contributed by atoms with Gasteiger partial charge in [0.1, 0.15) is 16.4 Å². The number of halogens is 2. The number of aromatic nitrogens is 2. The summed E-state index contributed by atoms with van der Waals surface area (Å²) in [5, 5.41) is 0.800. The Morgan fingerprint density at radius 1 is 1.35 bits per heavy atom. The van der Waals surface area contributed by atoms with Crippen LogP contribution in [0.4, 0.5) is 0 Å². The van der Waals surface area contributed by atoms with Crippen molar-refractivity contribution < 1.29 is 4.74 Å². The summed E-state index contributed by atoms with van der Waals surface area (Å²) < 4.78 is 5.66. The molecule has 2 rings (SSSR count). The highest BCUT2D eigenvalue weighted by Crippen LogP contribution is 2.25. The number of rotatable bonds is 2. The van der Waals surface area contributed by atoms with Crippen LogP contribution in [0.15, 0.2) is 0 Å². The van der Waals surface area contributed by atoms with E-state index in [9.17, 15) is 0 Å². The minimum atomic E-state index is -0.140. The lowest BCUT2D eigenvalue weighted by molar-refractivity contribution is -0.0325. The van der Waals surface area contributed by atoms with Crippen LogP contribution in [0.2, 0.25) is 10.3 Å². The molecule has 0 radical (unpaired) electrons. The Balaban J connectivity index is 2.22. The highest BCUT2D eigenvalue weighted by Gasteiger charge is 2.24. The minimum absolute atomic E-state index is 0.140. The normalized spacial score (nSPS) is 21.8. The molecular formula is C11H15Cl2N3O. The molecule has 1 aliphatic heterocycles. The second-order valence-electron chi connectivity index (χ2n) is 4.04. The summed E-state index contributed by atoms with van der Waals surface area (Å²) in [6.45, 7) is 7.33. The zero-order valence-corrected chi connectivity index (χ0v) is 11.4. The van der Waals surface area contributed by atoms with Gasteiger partial charge in [0, 0.05) is 18.7 Å². The number of ether oxygens (including phenoxy) is 1. The predicted molar refractivity (Wildman–Crippen MR) is 67.6 cm³/mol. The van der Waals surface area contributed by atoms with Gasteiger partial charge in [0.05, 0.1) is 6.61 Å². The molecule has 1 aromatic heterocycles. The molecule has 17 heavy (non-hydrogen) atoms. The summed E-state index contributed by atoms with van der Waals surface area (Å²) >= 11 is 12.0. The van der Waals surface area contributed by atoms with Gasteiger partial charge in [-0.15, -0.1) is 0 Å². The van der Waals surface area contributed by atoms with Crippen LogP contribution in [0.25, 0.3) is 0 Å². The first-order valence-corrected chi connectivity index (χ1v) is 6.41. The Labute approximate surface area is 111 Å². The molecule has 0 saturated carbocycles. The first kappa shape index (κ1) is 13.0. The van der Waals surface area contributed by atoms with E-state index in [2.05, 4.69) is 21.8 Å². The van der Waals surface area contributed by atoms with Crippen molar-refractivity contribution in [3.63, 3.8) is 0 Å². The Morgan fingerprint density at radius 3 is 2.59 bits per heavy atom. The summed E-state index contributed by atoms with van der Waals surface area (Å²) in [5.41, 5.74) is 0.709. The molecule has 1 atom stereocenters. The van der Waals surface area contributed by atoms with Gasteiger partial charge in [-0.25, -0.2) is 9.97 Å². The van der Waals surface area contributed by atoms with Crippen LogP contribution in [0.3, 0.4) is 0 Å². The lowest BCUT2D eigenvalue weighted by Crippen LogP contribution is -2.38. The molecule has 0 N–H and O–H groups in total. The van der Waals surface area contributed by atoms with E-state index in [0.717, 1.165) is 19.6 Å². The van der Waals surface area contributed by atoms with E-state index in [0.29, 0.717) is 28.3 Å². The highest BCUT2D eigenvalue weighted by atomic mass is 35.5. The van der Waals surface area contributed by atoms with Crippen LogP contribution >= 0.6 is 23.2 Å². The Morgan fingerprint density at radius 2 is 2.00 bits per heavy atom. The van der Waals surface area contributed by atoms with Gasteiger partial charge in [0.25, 0.3) is 0 Å². The summed E-state index contributed by atoms with van der Waals surface area (Å²) in [6.07, 6.45) is -0.140. The fourth-order valence-corrected chi connectivity index (χ4v) is 2.17. The van der Waals surface area contributed by atoms with Crippen LogP contribution in [0.5, 0.6) is 0 Å². The van der Waals surface area contributed by atoms with Crippen molar-refractivity contribution >= 4 is 23.2 Å². The molecule has 1 fully saturated rings. The van der Waals surface area contributed by atoms with E-state index in [4.69, 9.17) is 27.9 Å². The largest absolute Gasteiger partial charge is 0.368 e. The average molecular weight is 276 g/mol. The lowest BCUT2D eigenvalue weighted by Gasteiger charge is -2.31. The molecule has 1 saturated heterocycles. The molecule has 1 unspecified atom stereocenters. The number of hydrogen-bond acceptors (Lipinski definition) is 4. The van der Waals surface area contributed by atoms with Gasteiger partial charge in [-0.2, -0.15) is 0 Å². The fourth-order valence-electron chi connectivity index (χ4n) is 1.77. The van der Waals surface area contributed by atoms with Crippen LogP contribution in [-0.4, -0.2) is 41.1 Å². The van der Waals surface area contributed by atoms with Gasteiger partial charge in [-0.1, -0.05) is 30.1 Å². The monoisotopic (exact) mass is 275 g/mol. The van der Waals surface area contributed by atoms with Gasteiger partial charge in [0.15, 0.2) is 5.82 Å². The lowest BCUT2D eigenvalue weighted by atomic mass is 10.2. The van der Waals surface area contributed by atoms with Gasteiger partial charge in [0.2, 0.25) is 0 Å². The summed E-state index contributed by atoms with van der Waals surface area (Å²) in [5.74, 6) is 0.573. The van der Waals surface area contributed by atoms with Gasteiger partial charge in [-0.05, 0) is 13.5 Å². The molecule has 0 aliphatic carbocycles. The minimum Gasteiger partial charge on any atom is -0.368 e. The van der Waals surface area contributed by atoms with Crippen LogP contribution in [-0.2, 0) is 4.74 Å². The molecule has 4 nitrogen and oxygen atoms in total. The molecule has 6 heteroatoms. The fraction of sp³-hybridized carbons (Fsp3) is 0.636. The molecule has 1 aromatic rings. The highest BCUT2D eigenvalue weighted by molar-refractivity contribution is 6.34. The number of hydrogen-bond donors (Lipinski definition) is 0. The van der Waals surface area contributed by atoms with Crippen molar-refractivity contribution in [1.29, 1.82) is 0 Å². The maximum atomic E-state index is 6.00. The van der Waals surface area contributed by atoms with Gasteiger partial charge < -0.3 is 4.74 Å². The maximum Gasteiger partial charge on any atom is 0.161 e. The number of likely N-dealkylation sites (N-methyl/N-ethyl adjacent to an activating group) is 1. The topological polar surface area (TPSA) is 38.2 Å². The third-order valence-corrected chi connectivity index (χ3v) is 3.67. The molecule has 0 bridgehead atoms. The van der Waals surface area contributed by atoms with Crippen molar-refractivity contribution in [3.8, 4) is 0 Å². The van der Waals surface area contributed by atoms with Crippen LogP contribution in [0, 0.1) is 6.92 Å². The molecule has 1 aliphatic rings. The summed E-state index contributed by atoms with van der Waals surface area (Å²) in [4.78, 5) is 10.8. The number of nitrogens with zero attached hydrogens (tertiary/aromatic N) is 3. The summed E-state index contributed by atoms with van der Waals surface area (Å²) in [6, 6.07) is 0. The zero-order valence-electron chi connectivity index (χ0n) is 9.91. The molecule has 0 amide bonds. The van der Waals surface area contributed by atoms with E-state index in [1.807, 2.05) is 0 Å². The smallest absolute Gasteiger partial charge is 0.161 e. The van der Waals surface area contributed by atoms with Crippen LogP contribution < -0.4 is 0 Å². The van der Waals surface area contributed by atoms with Crippen molar-refractivity contribution in [2.45, 2.75) is 20.0 Å². The van der Waals surface area contributed by atoms with Crippen LogP contribution in [0.1, 0.15) is 24.4 Å². The quantitative estimate of drug-likeness (QED) is 0.778. The average Bonchev–Trinajstić information content (AvgIpc) is 2.35. The van der Waals surface area contributed by atoms with E-state index >= 15 is 0 Å². The van der Waals surface area contributed by atoms with Crippen molar-refractivity contribution in [3.05, 3.63) is 21.7 Å². The Hall–Kier alpha value is -0.420. The van der Waals surface area contributed by atoms with Crippen molar-refractivity contribution in [2.24, 2.45) is 0 Å². The van der Waals surface area contributed by atoms with E-state index in [1.165, 1.54) is 0 Å². The summed E-state index contributed by atoms with van der Waals surface area (Å²) in [7, 11) is 0. The SMILES string of the molecule is CCN1CCOC(c2nc(Cl)c(C)c(Cl)n2)C1. The third kappa shape index (κ3) is 2.88. The zero-order chi connectivity index (χ0) is 12.4. The molecule has 0 spiro atoms. The predicted octanol–water partition coefficient (Wildman–Crippen LogP) is 2.49. The standard InChI is InChI=1S/C11H15Cl2N3O/c1-3-16-4-5-17-8(6-16)11-14-9(12)7(2)10(13)15-11/h8H,3-6H2,1-2H3. The van der Waals surface area contributed by atoms with Gasteiger partial charge in [-0.3, -0.25) is 4.90 Å². The van der Waals surface area contributed by atoms with E-state index in [1.54, 1.807) is 6.92 Å². The molecule has 0 aromatic carbocycles. The Kier molecular flexibility index (Phi) is 4.20. The second kappa shape index (κ2) is 5.48. The molecule has 2 heterocycles. The van der Waals surface area contributed by atoms with Crippen molar-refractivity contribution in [1.82, 2.24) is 14.9 Å².